The van der Waals surface area contributed by atoms with Crippen molar-refractivity contribution in [2.45, 2.75) is 6.92 Å². The van der Waals surface area contributed by atoms with Crippen LogP contribution in [-0.4, -0.2) is 23.0 Å². The number of hydrogen-bond donors (Lipinski definition) is 0. The Morgan fingerprint density at radius 2 is 2.09 bits per heavy atom. The number of nitrogens with zero attached hydrogens (tertiary/aromatic N) is 2. The van der Waals surface area contributed by atoms with Crippen LogP contribution in [0, 0.1) is 5.82 Å². The van der Waals surface area contributed by atoms with Gasteiger partial charge in [-0.15, -0.1) is 0 Å². The molecule has 0 bridgehead atoms. The Kier molecular flexibility index (Phi) is 5.24. The Hall–Kier alpha value is -2.53. The molecule has 0 radical (unpaired) electrons. The zero-order valence-electron chi connectivity index (χ0n) is 12.6. The summed E-state index contributed by atoms with van der Waals surface area (Å²) in [5.74, 6) is -0.962. The van der Waals surface area contributed by atoms with E-state index in [4.69, 9.17) is 11.6 Å². The van der Waals surface area contributed by atoms with E-state index < -0.39 is 11.8 Å². The Labute approximate surface area is 137 Å². The summed E-state index contributed by atoms with van der Waals surface area (Å²) in [6.45, 7) is 5.38. The summed E-state index contributed by atoms with van der Waals surface area (Å²) in [6, 6.07) is 5.92. The van der Waals surface area contributed by atoms with Crippen molar-refractivity contribution in [3.05, 3.63) is 58.1 Å². The molecular weight excluding hydrogens is 319 g/mol. The van der Waals surface area contributed by atoms with Gasteiger partial charge in [-0.05, 0) is 25.1 Å². The Morgan fingerprint density at radius 3 is 2.70 bits per heavy atom. The van der Waals surface area contributed by atoms with Crippen molar-refractivity contribution in [3.63, 3.8) is 0 Å². The van der Waals surface area contributed by atoms with E-state index in [1.54, 1.807) is 25.1 Å². The fourth-order valence-corrected chi connectivity index (χ4v) is 2.18. The average molecular weight is 333 g/mol. The minimum Gasteiger partial charge on any atom is -0.465 e. The first-order chi connectivity index (χ1) is 11.0. The smallest absolute Gasteiger partial charge is 0.337 e. The zero-order chi connectivity index (χ0) is 17.0. The highest BCUT2D eigenvalue weighted by Crippen LogP contribution is 2.22. The second kappa shape index (κ2) is 7.15. The molecule has 1 aromatic heterocycles. The third kappa shape index (κ3) is 3.81. The molecule has 4 nitrogen and oxygen atoms in total. The second-order valence-corrected chi connectivity index (χ2v) is 4.95. The highest BCUT2D eigenvalue weighted by atomic mass is 35.5. The number of methoxy groups -OCH3 is 1. The van der Waals surface area contributed by atoms with Gasteiger partial charge in [0.2, 0.25) is 0 Å². The lowest BCUT2D eigenvalue weighted by molar-refractivity contribution is -0.135. The van der Waals surface area contributed by atoms with Gasteiger partial charge >= 0.3 is 5.97 Å². The number of esters is 1. The van der Waals surface area contributed by atoms with Crippen LogP contribution in [0.15, 0.2) is 36.4 Å². The molecule has 0 aliphatic heterocycles. The lowest BCUT2D eigenvalue weighted by Gasteiger charge is -2.04. The molecule has 1 aromatic carbocycles. The fraction of sp³-hybridized carbons (Fsp3) is 0.118. The Morgan fingerprint density at radius 1 is 1.35 bits per heavy atom. The van der Waals surface area contributed by atoms with Crippen molar-refractivity contribution in [2.24, 2.45) is 0 Å². The van der Waals surface area contributed by atoms with Crippen molar-refractivity contribution in [2.75, 3.05) is 7.11 Å². The van der Waals surface area contributed by atoms with Crippen LogP contribution in [0.3, 0.4) is 0 Å². The molecular formula is C17H14ClFN2O2. The molecule has 0 saturated heterocycles. The molecule has 0 aliphatic rings. The van der Waals surface area contributed by atoms with Crippen LogP contribution in [0.1, 0.15) is 6.92 Å². The van der Waals surface area contributed by atoms with Crippen molar-refractivity contribution < 1.29 is 13.9 Å². The van der Waals surface area contributed by atoms with Crippen LogP contribution in [0.4, 0.5) is 4.39 Å². The Balaban J connectivity index is 2.63. The second-order valence-electron chi connectivity index (χ2n) is 4.59. The van der Waals surface area contributed by atoms with Crippen molar-refractivity contribution in [1.29, 1.82) is 0 Å². The molecule has 0 spiro atoms. The summed E-state index contributed by atoms with van der Waals surface area (Å²) in [4.78, 5) is 20.1. The van der Waals surface area contributed by atoms with Gasteiger partial charge in [-0.2, -0.15) is 0 Å². The normalized spacial score (nSPS) is 12.3. The summed E-state index contributed by atoms with van der Waals surface area (Å²) in [5, 5.41) is 0.983. The van der Waals surface area contributed by atoms with E-state index in [2.05, 4.69) is 21.3 Å². The fourth-order valence-electron chi connectivity index (χ4n) is 1.93. The molecule has 1 heterocycles. The zero-order valence-corrected chi connectivity index (χ0v) is 13.4. The highest BCUT2D eigenvalue weighted by Gasteiger charge is 2.10. The molecule has 0 amide bonds. The van der Waals surface area contributed by atoms with Crippen molar-refractivity contribution in [3.8, 4) is 11.3 Å². The molecule has 2 rings (SSSR count). The van der Waals surface area contributed by atoms with E-state index in [1.807, 2.05) is 0 Å². The first kappa shape index (κ1) is 16.8. The van der Waals surface area contributed by atoms with Gasteiger partial charge in [0.25, 0.3) is 0 Å². The van der Waals surface area contributed by atoms with Gasteiger partial charge in [-0.3, -0.25) is 0 Å². The summed E-state index contributed by atoms with van der Waals surface area (Å²) >= 11 is 6.17. The van der Waals surface area contributed by atoms with Gasteiger partial charge < -0.3 is 4.74 Å². The van der Waals surface area contributed by atoms with E-state index >= 15 is 0 Å². The van der Waals surface area contributed by atoms with Gasteiger partial charge in [0, 0.05) is 5.56 Å². The number of halogens is 2. The SMILES string of the molecule is C=C(/C=c1/nc(Cl)c(-c2cccc(F)c2)n/c1=C/C)C(=O)OC. The quantitative estimate of drug-likeness (QED) is 0.639. The maximum atomic E-state index is 13.4. The monoisotopic (exact) mass is 332 g/mol. The number of hydrogen-bond acceptors (Lipinski definition) is 4. The van der Waals surface area contributed by atoms with E-state index in [-0.39, 0.29) is 10.7 Å². The molecule has 0 aliphatic carbocycles. The standard InChI is InChI=1S/C17H14ClFN2O2/c1-4-13-14(8-10(2)17(22)23-3)21-16(18)15(20-13)11-6-5-7-12(19)9-11/h4-9H,2H2,1,3H3/b13-4+,14-8+. The molecule has 0 atom stereocenters. The maximum absolute atomic E-state index is 13.4. The third-order valence-corrected chi connectivity index (χ3v) is 3.30. The number of rotatable bonds is 3. The summed E-state index contributed by atoms with van der Waals surface area (Å²) in [5.41, 5.74) is 1.00. The molecule has 2 aromatic rings. The first-order valence-corrected chi connectivity index (χ1v) is 7.09. The lowest BCUT2D eigenvalue weighted by Crippen LogP contribution is -2.32. The predicted octanol–water partition coefficient (Wildman–Crippen LogP) is 2.25. The number of benzene rings is 1. The summed E-state index contributed by atoms with van der Waals surface area (Å²) in [7, 11) is 1.26. The molecule has 0 unspecified atom stereocenters. The van der Waals surface area contributed by atoms with Crippen LogP contribution < -0.4 is 10.7 Å². The average Bonchev–Trinajstić information content (AvgIpc) is 2.54. The van der Waals surface area contributed by atoms with Crippen LogP contribution in [0.25, 0.3) is 23.4 Å². The van der Waals surface area contributed by atoms with E-state index in [0.29, 0.717) is 22.0 Å². The van der Waals surface area contributed by atoms with Crippen molar-refractivity contribution >= 4 is 29.7 Å². The number of carbonyl (C=O) groups is 1. The number of aromatic nitrogens is 2. The summed E-state index contributed by atoms with van der Waals surface area (Å²) < 4.78 is 18.0. The largest absolute Gasteiger partial charge is 0.465 e. The molecule has 118 valence electrons. The number of ether oxygens (including phenoxy) is 1. The molecule has 0 fully saturated rings. The molecule has 0 saturated carbocycles. The van der Waals surface area contributed by atoms with E-state index in [9.17, 15) is 9.18 Å². The van der Waals surface area contributed by atoms with E-state index in [1.165, 1.54) is 25.3 Å². The van der Waals surface area contributed by atoms with Gasteiger partial charge in [-0.1, -0.05) is 36.4 Å². The third-order valence-electron chi connectivity index (χ3n) is 3.04. The summed E-state index contributed by atoms with van der Waals surface area (Å²) in [6.07, 6.45) is 3.15. The van der Waals surface area contributed by atoms with Crippen LogP contribution in [0.5, 0.6) is 0 Å². The van der Waals surface area contributed by atoms with Gasteiger partial charge in [0.1, 0.15) is 11.5 Å². The molecule has 23 heavy (non-hydrogen) atoms. The molecule has 0 N–H and O–H groups in total. The van der Waals surface area contributed by atoms with E-state index in [0.717, 1.165) is 0 Å². The van der Waals surface area contributed by atoms with Crippen LogP contribution in [0.2, 0.25) is 5.15 Å². The Bertz CT molecular complexity index is 894. The topological polar surface area (TPSA) is 52.1 Å². The van der Waals surface area contributed by atoms with Gasteiger partial charge in [0.05, 0.1) is 23.4 Å². The molecule has 6 heteroatoms. The minimum atomic E-state index is -0.570. The first-order valence-electron chi connectivity index (χ1n) is 6.71. The predicted molar refractivity (Wildman–Crippen MR) is 87.4 cm³/mol. The maximum Gasteiger partial charge on any atom is 0.337 e. The van der Waals surface area contributed by atoms with Crippen LogP contribution >= 0.6 is 11.6 Å². The lowest BCUT2D eigenvalue weighted by atomic mass is 10.1. The van der Waals surface area contributed by atoms with Gasteiger partial charge in [-0.25, -0.2) is 19.2 Å². The van der Waals surface area contributed by atoms with Gasteiger partial charge in [0.15, 0.2) is 5.15 Å². The minimum absolute atomic E-state index is 0.102. The van der Waals surface area contributed by atoms with Crippen LogP contribution in [-0.2, 0) is 9.53 Å². The van der Waals surface area contributed by atoms with Crippen molar-refractivity contribution in [1.82, 2.24) is 9.97 Å². The number of carbonyl (C=O) groups excluding carboxylic acids is 1. The highest BCUT2D eigenvalue weighted by molar-refractivity contribution is 6.31.